The Labute approximate surface area is 142 Å². The molecular weight excluding hydrogens is 335 g/mol. The topological polar surface area (TPSA) is 62.1 Å². The molecule has 2 unspecified atom stereocenters. The van der Waals surface area contributed by atoms with Crippen molar-refractivity contribution in [1.82, 2.24) is 0 Å². The normalized spacial score (nSPS) is 21.6. The summed E-state index contributed by atoms with van der Waals surface area (Å²) in [6.45, 7) is 1.88. The number of aliphatic hydroxyl groups excluding tert-OH is 1. The van der Waals surface area contributed by atoms with Gasteiger partial charge in [0, 0.05) is 0 Å². The second-order valence-corrected chi connectivity index (χ2v) is 5.97. The maximum Gasteiger partial charge on any atom is 0.458 e. The number of hydrogen-bond donors (Lipinski definition) is 2. The predicted molar refractivity (Wildman–Crippen MR) is 84.9 cm³/mol. The molecule has 2 aromatic rings. The van der Waals surface area contributed by atoms with E-state index in [0.717, 1.165) is 11.1 Å². The SMILES string of the molecule is Cc1ccccc1C(O)c1ccc(C2=NOC(O)(C(F)(F)F)C2)cc1. The van der Waals surface area contributed by atoms with Crippen LogP contribution in [0.5, 0.6) is 0 Å². The van der Waals surface area contributed by atoms with Gasteiger partial charge in [0.1, 0.15) is 6.10 Å². The van der Waals surface area contributed by atoms with E-state index in [4.69, 9.17) is 0 Å². The van der Waals surface area contributed by atoms with Gasteiger partial charge in [0.05, 0.1) is 12.1 Å². The fraction of sp³-hybridized carbons (Fsp3) is 0.278. The van der Waals surface area contributed by atoms with Crippen LogP contribution in [0.15, 0.2) is 53.7 Å². The molecule has 2 atom stereocenters. The van der Waals surface area contributed by atoms with Crippen LogP contribution in [0, 0.1) is 6.92 Å². The molecule has 0 spiro atoms. The van der Waals surface area contributed by atoms with Crippen molar-refractivity contribution in [2.75, 3.05) is 0 Å². The van der Waals surface area contributed by atoms with Crippen molar-refractivity contribution >= 4 is 5.71 Å². The number of alkyl halides is 3. The first kappa shape index (κ1) is 17.4. The van der Waals surface area contributed by atoms with Gasteiger partial charge in [-0.1, -0.05) is 53.7 Å². The average molecular weight is 351 g/mol. The summed E-state index contributed by atoms with van der Waals surface area (Å²) in [7, 11) is 0. The van der Waals surface area contributed by atoms with E-state index in [1.54, 1.807) is 24.3 Å². The highest BCUT2D eigenvalue weighted by Gasteiger charge is 2.60. The number of aliphatic hydroxyl groups is 2. The Balaban J connectivity index is 1.79. The lowest BCUT2D eigenvalue weighted by Crippen LogP contribution is -2.45. The Morgan fingerprint density at radius 1 is 1.12 bits per heavy atom. The molecule has 0 fully saturated rings. The van der Waals surface area contributed by atoms with Crippen molar-refractivity contribution in [1.29, 1.82) is 0 Å². The van der Waals surface area contributed by atoms with Gasteiger partial charge in [-0.3, -0.25) is 0 Å². The van der Waals surface area contributed by atoms with Gasteiger partial charge in [-0.05, 0) is 29.2 Å². The van der Waals surface area contributed by atoms with E-state index >= 15 is 0 Å². The largest absolute Gasteiger partial charge is 0.458 e. The summed E-state index contributed by atoms with van der Waals surface area (Å²) in [6, 6.07) is 13.7. The highest BCUT2D eigenvalue weighted by Crippen LogP contribution is 2.39. The molecule has 0 bridgehead atoms. The molecule has 3 rings (SSSR count). The molecule has 0 saturated heterocycles. The van der Waals surface area contributed by atoms with Crippen molar-refractivity contribution in [2.24, 2.45) is 5.16 Å². The summed E-state index contributed by atoms with van der Waals surface area (Å²) < 4.78 is 38.2. The van der Waals surface area contributed by atoms with Gasteiger partial charge in [-0.15, -0.1) is 0 Å². The van der Waals surface area contributed by atoms with Gasteiger partial charge in [0.25, 0.3) is 0 Å². The van der Waals surface area contributed by atoms with Crippen LogP contribution in [0.2, 0.25) is 0 Å². The first-order valence-electron chi connectivity index (χ1n) is 7.59. The third-order valence-electron chi connectivity index (χ3n) is 4.20. The zero-order chi connectivity index (χ0) is 18.2. The Hall–Kier alpha value is -2.38. The van der Waals surface area contributed by atoms with Crippen molar-refractivity contribution < 1.29 is 28.2 Å². The lowest BCUT2D eigenvalue weighted by Gasteiger charge is -2.22. The number of aryl methyl sites for hydroxylation is 1. The minimum absolute atomic E-state index is 0.00300. The second-order valence-electron chi connectivity index (χ2n) is 5.97. The summed E-state index contributed by atoms with van der Waals surface area (Å²) in [5.74, 6) is -3.29. The number of rotatable bonds is 3. The van der Waals surface area contributed by atoms with Crippen LogP contribution in [0.3, 0.4) is 0 Å². The Kier molecular flexibility index (Phi) is 4.30. The fourth-order valence-corrected chi connectivity index (χ4v) is 2.66. The van der Waals surface area contributed by atoms with Crippen LogP contribution in [-0.2, 0) is 4.84 Å². The summed E-state index contributed by atoms with van der Waals surface area (Å²) >= 11 is 0. The van der Waals surface area contributed by atoms with E-state index in [1.165, 1.54) is 0 Å². The second kappa shape index (κ2) is 6.16. The number of halogens is 3. The molecule has 4 nitrogen and oxygen atoms in total. The van der Waals surface area contributed by atoms with Crippen LogP contribution >= 0.6 is 0 Å². The number of oxime groups is 1. The van der Waals surface area contributed by atoms with E-state index < -0.39 is 24.5 Å². The van der Waals surface area contributed by atoms with E-state index in [-0.39, 0.29) is 5.71 Å². The van der Waals surface area contributed by atoms with E-state index in [9.17, 15) is 23.4 Å². The molecule has 1 aliphatic heterocycles. The molecule has 0 radical (unpaired) electrons. The van der Waals surface area contributed by atoms with Crippen LogP contribution < -0.4 is 0 Å². The summed E-state index contributed by atoms with van der Waals surface area (Å²) in [5, 5.41) is 23.3. The summed E-state index contributed by atoms with van der Waals surface area (Å²) in [4.78, 5) is 4.20. The molecule has 2 aromatic carbocycles. The number of benzene rings is 2. The third-order valence-corrected chi connectivity index (χ3v) is 4.20. The van der Waals surface area contributed by atoms with Gasteiger partial charge in [0.15, 0.2) is 0 Å². The maximum atomic E-state index is 12.7. The first-order valence-corrected chi connectivity index (χ1v) is 7.59. The highest BCUT2D eigenvalue weighted by atomic mass is 19.4. The predicted octanol–water partition coefficient (Wildman–Crippen LogP) is 3.45. The molecule has 0 amide bonds. The Morgan fingerprint density at radius 2 is 1.76 bits per heavy atom. The lowest BCUT2D eigenvalue weighted by atomic mass is 9.95. The first-order chi connectivity index (χ1) is 11.7. The van der Waals surface area contributed by atoms with Crippen LogP contribution in [0.1, 0.15) is 34.8 Å². The number of nitrogens with zero attached hydrogens (tertiary/aromatic N) is 1. The van der Waals surface area contributed by atoms with Gasteiger partial charge in [0.2, 0.25) is 0 Å². The number of hydrogen-bond acceptors (Lipinski definition) is 4. The summed E-state index contributed by atoms with van der Waals surface area (Å²) in [5.41, 5.74) is 2.67. The van der Waals surface area contributed by atoms with Crippen molar-refractivity contribution in [3.05, 3.63) is 70.8 Å². The Bertz CT molecular complexity index is 802. The molecule has 1 heterocycles. The monoisotopic (exact) mass is 351 g/mol. The van der Waals surface area contributed by atoms with Gasteiger partial charge in [-0.25, -0.2) is 0 Å². The summed E-state index contributed by atoms with van der Waals surface area (Å²) in [6.07, 6.45) is -6.56. The molecular formula is C18H16F3NO3. The molecule has 7 heteroatoms. The van der Waals surface area contributed by atoms with E-state index in [1.807, 2.05) is 31.2 Å². The lowest BCUT2D eigenvalue weighted by molar-refractivity contribution is -0.355. The molecule has 1 aliphatic rings. The van der Waals surface area contributed by atoms with Gasteiger partial charge < -0.3 is 15.1 Å². The van der Waals surface area contributed by atoms with Crippen molar-refractivity contribution in [2.45, 2.75) is 31.4 Å². The van der Waals surface area contributed by atoms with Crippen molar-refractivity contribution in [3.63, 3.8) is 0 Å². The standard InChI is InChI=1S/C18H16F3NO3/c1-11-4-2-3-5-14(11)16(23)13-8-6-12(7-9-13)15-10-17(24,25-22-15)18(19,20)21/h2-9,16,23-24H,10H2,1H3. The third kappa shape index (κ3) is 3.25. The van der Waals surface area contributed by atoms with Crippen LogP contribution in [0.25, 0.3) is 0 Å². The zero-order valence-corrected chi connectivity index (χ0v) is 13.3. The molecule has 0 aliphatic carbocycles. The Morgan fingerprint density at radius 3 is 2.32 bits per heavy atom. The average Bonchev–Trinajstić information content (AvgIpc) is 2.98. The maximum absolute atomic E-state index is 12.7. The molecule has 132 valence electrons. The minimum Gasteiger partial charge on any atom is -0.384 e. The van der Waals surface area contributed by atoms with Gasteiger partial charge in [-0.2, -0.15) is 13.2 Å². The van der Waals surface area contributed by atoms with Crippen molar-refractivity contribution in [3.8, 4) is 0 Å². The minimum atomic E-state index is -4.93. The van der Waals surface area contributed by atoms with Crippen LogP contribution in [-0.4, -0.2) is 27.9 Å². The van der Waals surface area contributed by atoms with E-state index in [0.29, 0.717) is 11.1 Å². The fourth-order valence-electron chi connectivity index (χ4n) is 2.66. The molecule has 0 aromatic heterocycles. The van der Waals surface area contributed by atoms with E-state index in [2.05, 4.69) is 9.99 Å². The quantitative estimate of drug-likeness (QED) is 0.890. The highest BCUT2D eigenvalue weighted by molar-refractivity contribution is 6.01. The van der Waals surface area contributed by atoms with Crippen LogP contribution in [0.4, 0.5) is 13.2 Å². The van der Waals surface area contributed by atoms with Gasteiger partial charge >= 0.3 is 12.0 Å². The molecule has 0 saturated carbocycles. The zero-order valence-electron chi connectivity index (χ0n) is 13.3. The molecule has 2 N–H and O–H groups in total. The molecule has 25 heavy (non-hydrogen) atoms. The smallest absolute Gasteiger partial charge is 0.384 e.